The lowest BCUT2D eigenvalue weighted by atomic mass is 10.1. The Bertz CT molecular complexity index is 711. The second kappa shape index (κ2) is 7.53. The summed E-state index contributed by atoms with van der Waals surface area (Å²) in [7, 11) is 3.23. The third-order valence-electron chi connectivity index (χ3n) is 4.10. The molecule has 1 heterocycles. The highest BCUT2D eigenvalue weighted by atomic mass is 32.1. The van der Waals surface area contributed by atoms with E-state index in [1.807, 2.05) is 23.6 Å². The topological polar surface area (TPSA) is 72.5 Å². The largest absolute Gasteiger partial charge is 0.497 e. The maximum Gasteiger partial charge on any atom is 0.321 e. The number of thiazole rings is 1. The molecule has 1 saturated carbocycles. The third-order valence-corrected chi connectivity index (χ3v) is 4.86. The number of hydrogen-bond donors (Lipinski definition) is 2. The summed E-state index contributed by atoms with van der Waals surface area (Å²) in [6.07, 6.45) is 4.47. The van der Waals surface area contributed by atoms with Crippen molar-refractivity contribution < 1.29 is 14.3 Å². The first-order valence-electron chi connectivity index (χ1n) is 7.95. The Morgan fingerprint density at radius 1 is 1.25 bits per heavy atom. The highest BCUT2D eigenvalue weighted by molar-refractivity contribution is 7.14. The molecule has 1 aliphatic carbocycles. The molecule has 7 heteroatoms. The van der Waals surface area contributed by atoms with Gasteiger partial charge in [-0.2, -0.15) is 0 Å². The summed E-state index contributed by atoms with van der Waals surface area (Å²) in [4.78, 5) is 16.5. The first kappa shape index (κ1) is 16.6. The molecular weight excluding hydrogens is 326 g/mol. The number of amides is 2. The zero-order chi connectivity index (χ0) is 16.9. The number of rotatable bonds is 5. The monoisotopic (exact) mass is 347 g/mol. The summed E-state index contributed by atoms with van der Waals surface area (Å²) < 4.78 is 10.6. The van der Waals surface area contributed by atoms with Crippen molar-refractivity contribution in [1.29, 1.82) is 0 Å². The van der Waals surface area contributed by atoms with Gasteiger partial charge in [0.25, 0.3) is 0 Å². The summed E-state index contributed by atoms with van der Waals surface area (Å²) >= 11 is 1.38. The van der Waals surface area contributed by atoms with Crippen molar-refractivity contribution in [3.05, 3.63) is 23.6 Å². The predicted molar refractivity (Wildman–Crippen MR) is 95.1 cm³/mol. The van der Waals surface area contributed by atoms with E-state index in [2.05, 4.69) is 15.6 Å². The van der Waals surface area contributed by atoms with Gasteiger partial charge in [-0.15, -0.1) is 11.3 Å². The van der Waals surface area contributed by atoms with Gasteiger partial charge in [0.1, 0.15) is 11.5 Å². The van der Waals surface area contributed by atoms with Crippen LogP contribution in [0.5, 0.6) is 11.5 Å². The molecule has 2 amide bonds. The molecule has 1 fully saturated rings. The lowest BCUT2D eigenvalue weighted by molar-refractivity contribution is 0.248. The SMILES string of the molecule is COc1ccc(OC)c(-c2csc(NC(=O)NC3CCCC3)n2)c1. The van der Waals surface area contributed by atoms with E-state index in [0.717, 1.165) is 29.8 Å². The molecule has 1 aromatic heterocycles. The summed E-state index contributed by atoms with van der Waals surface area (Å²) in [5.74, 6) is 1.44. The standard InChI is InChI=1S/C17H21N3O3S/c1-22-12-7-8-15(23-2)13(9-12)14-10-24-17(19-14)20-16(21)18-11-5-3-4-6-11/h7-11H,3-6H2,1-2H3,(H2,18,19,20,21). The van der Waals surface area contributed by atoms with Crippen LogP contribution in [0.25, 0.3) is 11.3 Å². The van der Waals surface area contributed by atoms with E-state index in [1.165, 1.54) is 24.2 Å². The number of urea groups is 1. The van der Waals surface area contributed by atoms with Gasteiger partial charge < -0.3 is 14.8 Å². The van der Waals surface area contributed by atoms with E-state index in [-0.39, 0.29) is 12.1 Å². The minimum absolute atomic E-state index is 0.194. The number of methoxy groups -OCH3 is 2. The molecule has 1 aliphatic rings. The fourth-order valence-corrected chi connectivity index (χ4v) is 3.56. The molecule has 3 rings (SSSR count). The van der Waals surface area contributed by atoms with Crippen LogP contribution in [0.2, 0.25) is 0 Å². The highest BCUT2D eigenvalue weighted by Crippen LogP contribution is 2.35. The van der Waals surface area contributed by atoms with Crippen LogP contribution in [0.15, 0.2) is 23.6 Å². The van der Waals surface area contributed by atoms with Crippen molar-refractivity contribution >= 4 is 22.5 Å². The number of anilines is 1. The van der Waals surface area contributed by atoms with Crippen LogP contribution in [-0.2, 0) is 0 Å². The average molecular weight is 347 g/mol. The van der Waals surface area contributed by atoms with E-state index < -0.39 is 0 Å². The molecule has 6 nitrogen and oxygen atoms in total. The van der Waals surface area contributed by atoms with Gasteiger partial charge in [0.05, 0.1) is 19.9 Å². The van der Waals surface area contributed by atoms with Crippen molar-refractivity contribution in [2.24, 2.45) is 0 Å². The molecule has 24 heavy (non-hydrogen) atoms. The average Bonchev–Trinajstić information content (AvgIpc) is 3.26. The van der Waals surface area contributed by atoms with Gasteiger partial charge in [-0.25, -0.2) is 9.78 Å². The number of nitrogens with one attached hydrogen (secondary N) is 2. The van der Waals surface area contributed by atoms with Crippen molar-refractivity contribution in [3.63, 3.8) is 0 Å². The van der Waals surface area contributed by atoms with Crippen LogP contribution in [0.1, 0.15) is 25.7 Å². The zero-order valence-electron chi connectivity index (χ0n) is 13.8. The second-order valence-corrected chi connectivity index (χ2v) is 6.54. The number of benzene rings is 1. The number of aromatic nitrogens is 1. The third kappa shape index (κ3) is 3.79. The van der Waals surface area contributed by atoms with E-state index in [4.69, 9.17) is 9.47 Å². The van der Waals surface area contributed by atoms with Crippen molar-refractivity contribution in [1.82, 2.24) is 10.3 Å². The van der Waals surface area contributed by atoms with Crippen LogP contribution >= 0.6 is 11.3 Å². The van der Waals surface area contributed by atoms with Crippen molar-refractivity contribution in [2.45, 2.75) is 31.7 Å². The number of hydrogen-bond acceptors (Lipinski definition) is 5. The number of nitrogens with zero attached hydrogens (tertiary/aromatic N) is 1. The Hall–Kier alpha value is -2.28. The Kier molecular flexibility index (Phi) is 5.20. The molecule has 0 radical (unpaired) electrons. The Morgan fingerprint density at radius 2 is 2.04 bits per heavy atom. The summed E-state index contributed by atoms with van der Waals surface area (Å²) in [6.45, 7) is 0. The zero-order valence-corrected chi connectivity index (χ0v) is 14.6. The Morgan fingerprint density at radius 3 is 2.75 bits per heavy atom. The van der Waals surface area contributed by atoms with Gasteiger partial charge >= 0.3 is 6.03 Å². The van der Waals surface area contributed by atoms with Crippen LogP contribution < -0.4 is 20.1 Å². The fourth-order valence-electron chi connectivity index (χ4n) is 2.86. The van der Waals surface area contributed by atoms with Gasteiger partial charge in [-0.05, 0) is 31.0 Å². The van der Waals surface area contributed by atoms with Gasteiger partial charge in [-0.3, -0.25) is 5.32 Å². The van der Waals surface area contributed by atoms with Gasteiger partial charge in [0.2, 0.25) is 0 Å². The highest BCUT2D eigenvalue weighted by Gasteiger charge is 2.18. The first-order valence-corrected chi connectivity index (χ1v) is 8.83. The molecule has 0 bridgehead atoms. The molecule has 1 aromatic carbocycles. The number of ether oxygens (including phenoxy) is 2. The fraction of sp³-hybridized carbons (Fsp3) is 0.412. The smallest absolute Gasteiger partial charge is 0.321 e. The summed E-state index contributed by atoms with van der Waals surface area (Å²) in [5.41, 5.74) is 1.57. The second-order valence-electron chi connectivity index (χ2n) is 5.68. The summed E-state index contributed by atoms with van der Waals surface area (Å²) in [6, 6.07) is 5.63. The van der Waals surface area contributed by atoms with Crippen molar-refractivity contribution in [3.8, 4) is 22.8 Å². The van der Waals surface area contributed by atoms with Crippen LogP contribution in [-0.4, -0.2) is 31.3 Å². The lowest BCUT2D eigenvalue weighted by Gasteiger charge is -2.11. The van der Waals surface area contributed by atoms with Gasteiger partial charge in [0, 0.05) is 17.0 Å². The van der Waals surface area contributed by atoms with Crippen LogP contribution in [0, 0.1) is 0 Å². The first-order chi connectivity index (χ1) is 11.7. The molecule has 0 saturated heterocycles. The minimum atomic E-state index is -0.194. The van der Waals surface area contributed by atoms with E-state index in [1.54, 1.807) is 14.2 Å². The van der Waals surface area contributed by atoms with Crippen LogP contribution in [0.3, 0.4) is 0 Å². The molecule has 0 atom stereocenters. The minimum Gasteiger partial charge on any atom is -0.497 e. The summed E-state index contributed by atoms with van der Waals surface area (Å²) in [5, 5.41) is 8.25. The number of carbonyl (C=O) groups excluding carboxylic acids is 1. The molecule has 2 aromatic rings. The van der Waals surface area contributed by atoms with E-state index >= 15 is 0 Å². The molecule has 0 aliphatic heterocycles. The van der Waals surface area contributed by atoms with Gasteiger partial charge in [0.15, 0.2) is 5.13 Å². The quantitative estimate of drug-likeness (QED) is 0.860. The van der Waals surface area contributed by atoms with Crippen LogP contribution in [0.4, 0.5) is 9.93 Å². The molecule has 0 unspecified atom stereocenters. The lowest BCUT2D eigenvalue weighted by Crippen LogP contribution is -2.36. The molecule has 2 N–H and O–H groups in total. The number of carbonyl (C=O) groups is 1. The van der Waals surface area contributed by atoms with Gasteiger partial charge in [-0.1, -0.05) is 12.8 Å². The van der Waals surface area contributed by atoms with Crippen molar-refractivity contribution in [2.75, 3.05) is 19.5 Å². The Labute approximate surface area is 145 Å². The predicted octanol–water partition coefficient (Wildman–Crippen LogP) is 3.89. The maximum atomic E-state index is 12.0. The normalized spacial score (nSPS) is 14.4. The maximum absolute atomic E-state index is 12.0. The molecule has 0 spiro atoms. The van der Waals surface area contributed by atoms with E-state index in [0.29, 0.717) is 10.9 Å². The molecular formula is C17H21N3O3S. The Balaban J connectivity index is 1.72. The van der Waals surface area contributed by atoms with E-state index in [9.17, 15) is 4.79 Å². The molecule has 128 valence electrons.